The highest BCUT2D eigenvalue weighted by Gasteiger charge is 2.28. The maximum atomic E-state index is 12.8. The fraction of sp³-hybridized carbons (Fsp3) is 0.333. The van der Waals surface area contributed by atoms with Crippen LogP contribution >= 0.6 is 0 Å². The first kappa shape index (κ1) is 23.0. The summed E-state index contributed by atoms with van der Waals surface area (Å²) in [4.78, 5) is 26.1. The molecule has 2 aromatic carbocycles. The first-order valence-corrected chi connectivity index (χ1v) is 12.0. The second-order valence-corrected chi connectivity index (χ2v) is 9.18. The molecule has 35 heavy (non-hydrogen) atoms. The van der Waals surface area contributed by atoms with Crippen molar-refractivity contribution in [2.75, 3.05) is 33.7 Å². The van der Waals surface area contributed by atoms with Gasteiger partial charge in [-0.25, -0.2) is 9.78 Å². The predicted octanol–water partition coefficient (Wildman–Crippen LogP) is 4.48. The minimum atomic E-state index is -0.0298. The van der Waals surface area contributed by atoms with E-state index in [1.54, 1.807) is 0 Å². The lowest BCUT2D eigenvalue weighted by atomic mass is 9.97. The summed E-state index contributed by atoms with van der Waals surface area (Å²) in [7, 11) is 4.06. The van der Waals surface area contributed by atoms with Gasteiger partial charge in [0.25, 0.3) is 0 Å². The Labute approximate surface area is 205 Å². The zero-order valence-electron chi connectivity index (χ0n) is 20.1. The zero-order valence-corrected chi connectivity index (χ0v) is 20.1. The van der Waals surface area contributed by atoms with Gasteiger partial charge in [-0.15, -0.1) is 0 Å². The van der Waals surface area contributed by atoms with Crippen LogP contribution in [-0.2, 0) is 0 Å². The lowest BCUT2D eigenvalue weighted by Gasteiger charge is -2.32. The lowest BCUT2D eigenvalue weighted by molar-refractivity contribution is 0.171. The number of fused-ring (bicyclic) bond motifs is 1. The highest BCUT2D eigenvalue weighted by atomic mass is 16.5. The molecule has 5 rings (SSSR count). The predicted molar refractivity (Wildman–Crippen MR) is 135 cm³/mol. The normalized spacial score (nSPS) is 15.5. The number of carbonyl (C=O) groups is 1. The number of urea groups is 1. The third-order valence-electron chi connectivity index (χ3n) is 6.65. The maximum absolute atomic E-state index is 12.8. The molecule has 8 heteroatoms. The number of nitrogens with one attached hydrogen (secondary N) is 1. The van der Waals surface area contributed by atoms with Gasteiger partial charge in [0.15, 0.2) is 0 Å². The minimum absolute atomic E-state index is 0.0298. The van der Waals surface area contributed by atoms with Gasteiger partial charge in [0.1, 0.15) is 5.69 Å². The van der Waals surface area contributed by atoms with E-state index in [9.17, 15) is 4.79 Å². The van der Waals surface area contributed by atoms with Crippen LogP contribution in [0.15, 0.2) is 71.3 Å². The molecule has 2 amide bonds. The first-order valence-electron chi connectivity index (χ1n) is 12.0. The Balaban J connectivity index is 1.17. The van der Waals surface area contributed by atoms with Crippen LogP contribution in [0.3, 0.4) is 0 Å². The Morgan fingerprint density at radius 2 is 1.77 bits per heavy atom. The highest BCUT2D eigenvalue weighted by molar-refractivity contribution is 5.80. The number of para-hydroxylation sites is 1. The molecule has 3 heterocycles. The molecule has 1 unspecified atom stereocenters. The quantitative estimate of drug-likeness (QED) is 0.447. The van der Waals surface area contributed by atoms with Gasteiger partial charge in [-0.3, -0.25) is 0 Å². The largest absolute Gasteiger partial charge is 0.339 e. The molecule has 1 aliphatic heterocycles. The molecule has 1 fully saturated rings. The van der Waals surface area contributed by atoms with Crippen molar-refractivity contribution in [2.24, 2.45) is 0 Å². The second-order valence-electron chi connectivity index (χ2n) is 9.18. The number of carbonyl (C=O) groups excluding carboxylic acids is 1. The number of hydrogen-bond acceptors (Lipinski definition) is 6. The molecule has 1 atom stereocenters. The number of amides is 2. The lowest BCUT2D eigenvalue weighted by Crippen LogP contribution is -2.46. The number of nitrogens with zero attached hydrogens (tertiary/aromatic N) is 5. The number of likely N-dealkylation sites (tertiary alicyclic amines) is 1. The van der Waals surface area contributed by atoms with Crippen LogP contribution < -0.4 is 5.32 Å². The van der Waals surface area contributed by atoms with E-state index in [2.05, 4.69) is 37.5 Å². The third-order valence-corrected chi connectivity index (χ3v) is 6.65. The first-order chi connectivity index (χ1) is 17.1. The molecule has 2 aromatic heterocycles. The number of pyridine rings is 1. The molecule has 180 valence electrons. The number of hydrogen-bond donors (Lipinski definition) is 1. The van der Waals surface area contributed by atoms with Crippen molar-refractivity contribution in [1.82, 2.24) is 30.2 Å². The van der Waals surface area contributed by atoms with Gasteiger partial charge in [0.05, 0.1) is 11.6 Å². The molecule has 0 aliphatic carbocycles. The average Bonchev–Trinajstić information content (AvgIpc) is 3.39. The third kappa shape index (κ3) is 5.17. The summed E-state index contributed by atoms with van der Waals surface area (Å²) in [6, 6.07) is 22.2. The van der Waals surface area contributed by atoms with Crippen LogP contribution in [0.5, 0.6) is 0 Å². The van der Waals surface area contributed by atoms with Crippen LogP contribution in [0.2, 0.25) is 0 Å². The molecule has 0 radical (unpaired) electrons. The molecule has 1 aliphatic rings. The Bertz CT molecular complexity index is 1280. The Kier molecular flexibility index (Phi) is 6.72. The van der Waals surface area contributed by atoms with Gasteiger partial charge in [-0.05, 0) is 44.6 Å². The summed E-state index contributed by atoms with van der Waals surface area (Å²) in [5, 5.41) is 8.36. The minimum Gasteiger partial charge on any atom is -0.339 e. The molecular weight excluding hydrogens is 440 g/mol. The molecule has 0 saturated carbocycles. The topological polar surface area (TPSA) is 87.4 Å². The van der Waals surface area contributed by atoms with Gasteiger partial charge in [0, 0.05) is 30.9 Å². The molecule has 0 bridgehead atoms. The van der Waals surface area contributed by atoms with E-state index < -0.39 is 0 Å². The smallest absolute Gasteiger partial charge is 0.317 e. The number of piperidine rings is 1. The van der Waals surface area contributed by atoms with Crippen LogP contribution in [-0.4, -0.2) is 64.7 Å². The molecule has 1 N–H and O–H groups in total. The zero-order chi connectivity index (χ0) is 24.2. The Hall–Kier alpha value is -3.78. The fourth-order valence-corrected chi connectivity index (χ4v) is 4.59. The van der Waals surface area contributed by atoms with Gasteiger partial charge in [-0.1, -0.05) is 59.8 Å². The van der Waals surface area contributed by atoms with Crippen LogP contribution in [0.25, 0.3) is 22.4 Å². The van der Waals surface area contributed by atoms with E-state index in [0.717, 1.165) is 23.7 Å². The van der Waals surface area contributed by atoms with Crippen LogP contribution in [0, 0.1) is 0 Å². The van der Waals surface area contributed by atoms with E-state index in [1.807, 2.05) is 73.6 Å². The average molecular weight is 471 g/mol. The number of aromatic nitrogens is 3. The maximum Gasteiger partial charge on any atom is 0.317 e. The monoisotopic (exact) mass is 470 g/mol. The highest BCUT2D eigenvalue weighted by Crippen LogP contribution is 2.29. The van der Waals surface area contributed by atoms with Crippen molar-refractivity contribution >= 4 is 16.9 Å². The van der Waals surface area contributed by atoms with Crippen molar-refractivity contribution in [2.45, 2.75) is 24.8 Å². The van der Waals surface area contributed by atoms with Crippen molar-refractivity contribution < 1.29 is 9.32 Å². The van der Waals surface area contributed by atoms with Gasteiger partial charge in [0.2, 0.25) is 11.7 Å². The van der Waals surface area contributed by atoms with Crippen LogP contribution in [0.4, 0.5) is 4.79 Å². The molecule has 0 spiro atoms. The van der Waals surface area contributed by atoms with Gasteiger partial charge < -0.3 is 19.6 Å². The second kappa shape index (κ2) is 10.2. The van der Waals surface area contributed by atoms with E-state index in [4.69, 9.17) is 4.52 Å². The summed E-state index contributed by atoms with van der Waals surface area (Å²) >= 11 is 0. The van der Waals surface area contributed by atoms with Crippen molar-refractivity contribution in [3.05, 3.63) is 78.2 Å². The SMILES string of the molecule is CN(C)C(CNC(=O)N1CCC(c2nc(-c3ccc4ccccc4n3)no2)CC1)c1ccccc1. The molecule has 1 saturated heterocycles. The van der Waals surface area contributed by atoms with Crippen molar-refractivity contribution in [1.29, 1.82) is 0 Å². The van der Waals surface area contributed by atoms with E-state index >= 15 is 0 Å². The van der Waals surface area contributed by atoms with Gasteiger partial charge in [-0.2, -0.15) is 4.98 Å². The number of rotatable bonds is 6. The molecule has 8 nitrogen and oxygen atoms in total. The molecular formula is C27H30N6O2. The Morgan fingerprint density at radius 3 is 2.54 bits per heavy atom. The summed E-state index contributed by atoms with van der Waals surface area (Å²) in [6.07, 6.45) is 1.58. The summed E-state index contributed by atoms with van der Waals surface area (Å²) < 4.78 is 5.59. The van der Waals surface area contributed by atoms with E-state index in [-0.39, 0.29) is 18.0 Å². The van der Waals surface area contributed by atoms with Crippen molar-refractivity contribution in [3.63, 3.8) is 0 Å². The fourth-order valence-electron chi connectivity index (χ4n) is 4.59. The van der Waals surface area contributed by atoms with E-state index in [0.29, 0.717) is 37.0 Å². The van der Waals surface area contributed by atoms with Crippen molar-refractivity contribution in [3.8, 4) is 11.5 Å². The standard InChI is InChI=1S/C27H30N6O2/c1-32(2)24(20-9-4-3-5-10-20)18-28-27(34)33-16-14-21(15-17-33)26-30-25(31-35-26)23-13-12-19-8-6-7-11-22(19)29-23/h3-13,21,24H,14-18H2,1-2H3,(H,28,34). The van der Waals surface area contributed by atoms with Crippen LogP contribution in [0.1, 0.15) is 36.3 Å². The Morgan fingerprint density at radius 1 is 1.03 bits per heavy atom. The summed E-state index contributed by atoms with van der Waals surface area (Å²) in [5.74, 6) is 1.26. The number of benzene rings is 2. The van der Waals surface area contributed by atoms with Gasteiger partial charge >= 0.3 is 6.03 Å². The van der Waals surface area contributed by atoms with E-state index in [1.165, 1.54) is 5.56 Å². The molecule has 4 aromatic rings. The summed E-state index contributed by atoms with van der Waals surface area (Å²) in [5.41, 5.74) is 2.79. The summed E-state index contributed by atoms with van der Waals surface area (Å²) in [6.45, 7) is 1.86. The number of likely N-dealkylation sites (N-methyl/N-ethyl adjacent to an activating group) is 1.